The number of anilines is 1. The van der Waals surface area contributed by atoms with Crippen LogP contribution in [0.4, 0.5) is 5.69 Å². The van der Waals surface area contributed by atoms with Crippen LogP contribution in [0, 0.1) is 5.92 Å². The number of hydrogen-bond acceptors (Lipinski definition) is 2. The van der Waals surface area contributed by atoms with E-state index in [9.17, 15) is 4.79 Å². The summed E-state index contributed by atoms with van der Waals surface area (Å²) in [6, 6.07) is 8.62. The molecule has 3 nitrogen and oxygen atoms in total. The lowest BCUT2D eigenvalue weighted by Crippen LogP contribution is -2.37. The standard InChI is InChI=1S/C18H26N2O.ClH/c19-16-10-6-9-15(16)13-18(21)20-12-5-1-2-7-14-8-3-4-11-17(14)20;/h3-4,8,11,15-16H,1-2,5-7,9-10,12-13,19H2;1H/t15-,16+;/m0./s1. The lowest BCUT2D eigenvalue weighted by molar-refractivity contribution is -0.119. The summed E-state index contributed by atoms with van der Waals surface area (Å²) in [6.07, 6.45) is 8.62. The highest BCUT2D eigenvalue weighted by atomic mass is 35.5. The van der Waals surface area contributed by atoms with Crippen molar-refractivity contribution < 1.29 is 4.79 Å². The van der Waals surface area contributed by atoms with Crippen LogP contribution in [0.3, 0.4) is 0 Å². The first-order chi connectivity index (χ1) is 10.3. The largest absolute Gasteiger partial charge is 0.327 e. The maximum atomic E-state index is 12.8. The summed E-state index contributed by atoms with van der Waals surface area (Å²) in [5, 5.41) is 0. The monoisotopic (exact) mass is 322 g/mol. The summed E-state index contributed by atoms with van der Waals surface area (Å²) < 4.78 is 0. The molecular weight excluding hydrogens is 296 g/mol. The number of para-hydroxylation sites is 1. The van der Waals surface area contributed by atoms with Gasteiger partial charge in [-0.15, -0.1) is 12.4 Å². The molecule has 1 aliphatic heterocycles. The molecule has 1 amide bonds. The van der Waals surface area contributed by atoms with E-state index in [1.807, 2.05) is 11.0 Å². The van der Waals surface area contributed by atoms with Gasteiger partial charge in [0.1, 0.15) is 0 Å². The van der Waals surface area contributed by atoms with E-state index in [4.69, 9.17) is 5.73 Å². The molecule has 4 heteroatoms. The van der Waals surface area contributed by atoms with Crippen molar-refractivity contribution >= 4 is 24.0 Å². The van der Waals surface area contributed by atoms with Crippen molar-refractivity contribution in [3.63, 3.8) is 0 Å². The molecule has 0 unspecified atom stereocenters. The van der Waals surface area contributed by atoms with Crippen molar-refractivity contribution in [3.8, 4) is 0 Å². The van der Waals surface area contributed by atoms with Crippen molar-refractivity contribution in [2.75, 3.05) is 11.4 Å². The number of rotatable bonds is 2. The highest BCUT2D eigenvalue weighted by Crippen LogP contribution is 2.30. The zero-order valence-corrected chi connectivity index (χ0v) is 14.0. The number of nitrogens with zero attached hydrogens (tertiary/aromatic N) is 1. The minimum absolute atomic E-state index is 0. The van der Waals surface area contributed by atoms with Gasteiger partial charge in [0.2, 0.25) is 5.91 Å². The van der Waals surface area contributed by atoms with E-state index in [-0.39, 0.29) is 24.4 Å². The van der Waals surface area contributed by atoms with Crippen LogP contribution >= 0.6 is 12.4 Å². The van der Waals surface area contributed by atoms with Gasteiger partial charge in [0.05, 0.1) is 0 Å². The van der Waals surface area contributed by atoms with Crippen LogP contribution in [0.2, 0.25) is 0 Å². The lowest BCUT2D eigenvalue weighted by Gasteiger charge is -2.29. The van der Waals surface area contributed by atoms with Gasteiger partial charge in [-0.2, -0.15) is 0 Å². The van der Waals surface area contributed by atoms with Gasteiger partial charge in [0.25, 0.3) is 0 Å². The molecule has 1 aromatic carbocycles. The normalized spacial score (nSPS) is 24.9. The molecule has 0 aromatic heterocycles. The highest BCUT2D eigenvalue weighted by Gasteiger charge is 2.29. The van der Waals surface area contributed by atoms with Crippen molar-refractivity contribution in [1.82, 2.24) is 0 Å². The third-order valence-electron chi connectivity index (χ3n) is 5.07. The van der Waals surface area contributed by atoms with Gasteiger partial charge in [-0.25, -0.2) is 0 Å². The first kappa shape index (κ1) is 17.3. The molecule has 122 valence electrons. The maximum absolute atomic E-state index is 12.8. The number of hydrogen-bond donors (Lipinski definition) is 1. The molecule has 1 fully saturated rings. The van der Waals surface area contributed by atoms with E-state index < -0.39 is 0 Å². The fourth-order valence-corrected chi connectivity index (χ4v) is 3.78. The van der Waals surface area contributed by atoms with E-state index in [0.29, 0.717) is 12.3 Å². The van der Waals surface area contributed by atoms with Crippen LogP contribution in [-0.4, -0.2) is 18.5 Å². The molecule has 3 rings (SSSR count). The fraction of sp³-hybridized carbons (Fsp3) is 0.611. The summed E-state index contributed by atoms with van der Waals surface area (Å²) in [6.45, 7) is 0.859. The Kier molecular flexibility index (Phi) is 6.27. The summed E-state index contributed by atoms with van der Waals surface area (Å²) in [5.41, 5.74) is 8.59. The number of carbonyl (C=O) groups excluding carboxylic acids is 1. The molecule has 22 heavy (non-hydrogen) atoms. The Hall–Kier alpha value is -1.06. The van der Waals surface area contributed by atoms with E-state index in [2.05, 4.69) is 18.2 Å². The van der Waals surface area contributed by atoms with Crippen molar-refractivity contribution in [3.05, 3.63) is 29.8 Å². The van der Waals surface area contributed by atoms with Crippen molar-refractivity contribution in [1.29, 1.82) is 0 Å². The van der Waals surface area contributed by atoms with Crippen LogP contribution in [0.25, 0.3) is 0 Å². The number of carbonyl (C=O) groups is 1. The third kappa shape index (κ3) is 3.82. The Balaban J connectivity index is 0.00000176. The third-order valence-corrected chi connectivity index (χ3v) is 5.07. The number of amides is 1. The molecular formula is C18H27ClN2O. The Morgan fingerprint density at radius 3 is 2.73 bits per heavy atom. The number of fused-ring (bicyclic) bond motifs is 1. The summed E-state index contributed by atoms with van der Waals surface area (Å²) in [5.74, 6) is 0.654. The first-order valence-electron chi connectivity index (χ1n) is 8.39. The fourth-order valence-electron chi connectivity index (χ4n) is 3.78. The van der Waals surface area contributed by atoms with Crippen LogP contribution in [0.5, 0.6) is 0 Å². The predicted molar refractivity (Wildman–Crippen MR) is 93.5 cm³/mol. The summed E-state index contributed by atoms with van der Waals surface area (Å²) in [4.78, 5) is 14.8. The second-order valence-corrected chi connectivity index (χ2v) is 6.54. The molecule has 1 aliphatic carbocycles. The molecule has 0 bridgehead atoms. The van der Waals surface area contributed by atoms with Crippen LogP contribution in [-0.2, 0) is 11.2 Å². The van der Waals surface area contributed by atoms with Gasteiger partial charge in [-0.3, -0.25) is 4.79 Å². The van der Waals surface area contributed by atoms with Gasteiger partial charge in [-0.1, -0.05) is 31.0 Å². The molecule has 2 aliphatic rings. The second-order valence-electron chi connectivity index (χ2n) is 6.54. The van der Waals surface area contributed by atoms with Gasteiger partial charge in [-0.05, 0) is 49.7 Å². The van der Waals surface area contributed by atoms with E-state index in [1.165, 1.54) is 24.8 Å². The quantitative estimate of drug-likeness (QED) is 0.902. The predicted octanol–water partition coefficient (Wildman–Crippen LogP) is 3.69. The SMILES string of the molecule is Cl.N[C@@H]1CCC[C@H]1CC(=O)N1CCCCCc2ccccc21. The Labute approximate surface area is 139 Å². The smallest absolute Gasteiger partial charge is 0.227 e. The first-order valence-corrected chi connectivity index (χ1v) is 8.39. The molecule has 1 saturated carbocycles. The van der Waals surface area contributed by atoms with E-state index in [1.54, 1.807) is 0 Å². The van der Waals surface area contributed by atoms with Crippen LogP contribution in [0.1, 0.15) is 50.5 Å². The molecule has 0 spiro atoms. The molecule has 2 N–H and O–H groups in total. The zero-order valence-electron chi connectivity index (χ0n) is 13.2. The van der Waals surface area contributed by atoms with E-state index >= 15 is 0 Å². The number of aryl methyl sites for hydroxylation is 1. The average molecular weight is 323 g/mol. The van der Waals surface area contributed by atoms with Crippen LogP contribution < -0.4 is 10.6 Å². The summed E-state index contributed by atoms with van der Waals surface area (Å²) >= 11 is 0. The maximum Gasteiger partial charge on any atom is 0.227 e. The molecule has 0 radical (unpaired) electrons. The number of nitrogens with two attached hydrogens (primary N) is 1. The van der Waals surface area contributed by atoms with Gasteiger partial charge in [0.15, 0.2) is 0 Å². The van der Waals surface area contributed by atoms with Crippen molar-refractivity contribution in [2.45, 2.75) is 57.4 Å². The number of benzene rings is 1. The van der Waals surface area contributed by atoms with Gasteiger partial charge in [0, 0.05) is 24.7 Å². The topological polar surface area (TPSA) is 46.3 Å². The van der Waals surface area contributed by atoms with Crippen molar-refractivity contribution in [2.24, 2.45) is 11.7 Å². The van der Waals surface area contributed by atoms with Gasteiger partial charge < -0.3 is 10.6 Å². The second kappa shape index (κ2) is 7.98. The molecule has 1 aromatic rings. The minimum atomic E-state index is 0. The Morgan fingerprint density at radius 1 is 1.14 bits per heavy atom. The Morgan fingerprint density at radius 2 is 1.95 bits per heavy atom. The lowest BCUT2D eigenvalue weighted by atomic mass is 9.97. The van der Waals surface area contributed by atoms with Crippen LogP contribution in [0.15, 0.2) is 24.3 Å². The Bertz CT molecular complexity index is 506. The molecule has 1 heterocycles. The zero-order chi connectivity index (χ0) is 14.7. The number of halogens is 1. The minimum Gasteiger partial charge on any atom is -0.327 e. The molecule has 2 atom stereocenters. The average Bonchev–Trinajstić information content (AvgIpc) is 2.85. The van der Waals surface area contributed by atoms with Gasteiger partial charge >= 0.3 is 0 Å². The molecule has 0 saturated heterocycles. The van der Waals surface area contributed by atoms with E-state index in [0.717, 1.165) is 37.9 Å². The summed E-state index contributed by atoms with van der Waals surface area (Å²) in [7, 11) is 0. The highest BCUT2D eigenvalue weighted by molar-refractivity contribution is 5.94.